The Bertz CT molecular complexity index is 468. The van der Waals surface area contributed by atoms with Crippen LogP contribution in [0, 0.1) is 6.92 Å². The van der Waals surface area contributed by atoms with Crippen LogP contribution in [-0.2, 0) is 4.74 Å². The van der Waals surface area contributed by atoms with Crippen LogP contribution in [0.5, 0.6) is 0 Å². The first-order chi connectivity index (χ1) is 9.61. The molecule has 0 spiro atoms. The predicted octanol–water partition coefficient (Wildman–Crippen LogP) is 2.72. The number of amides is 1. The summed E-state index contributed by atoms with van der Waals surface area (Å²) in [6, 6.07) is 5.89. The lowest BCUT2D eigenvalue weighted by molar-refractivity contribution is 0.0712. The van der Waals surface area contributed by atoms with E-state index < -0.39 is 0 Å². The number of rotatable bonds is 5. The number of hydrogen-bond donors (Lipinski definition) is 2. The van der Waals surface area contributed by atoms with E-state index in [1.165, 1.54) is 0 Å². The van der Waals surface area contributed by atoms with Gasteiger partial charge in [-0.25, -0.2) is 0 Å². The summed E-state index contributed by atoms with van der Waals surface area (Å²) < 4.78 is 5.61. The summed E-state index contributed by atoms with van der Waals surface area (Å²) in [7, 11) is 0. The molecule has 1 amide bonds. The molecule has 1 aliphatic heterocycles. The van der Waals surface area contributed by atoms with Crippen LogP contribution in [0.3, 0.4) is 0 Å². The minimum absolute atomic E-state index is 0.0199. The topological polar surface area (TPSA) is 50.4 Å². The van der Waals surface area contributed by atoms with Gasteiger partial charge in [-0.05, 0) is 57.4 Å². The van der Waals surface area contributed by atoms with Crippen LogP contribution in [0.4, 0.5) is 5.69 Å². The second-order valence-corrected chi connectivity index (χ2v) is 5.37. The van der Waals surface area contributed by atoms with Gasteiger partial charge in [0.15, 0.2) is 0 Å². The van der Waals surface area contributed by atoms with Crippen LogP contribution in [0.1, 0.15) is 42.6 Å². The molecule has 1 aromatic rings. The van der Waals surface area contributed by atoms with Crippen molar-refractivity contribution in [2.24, 2.45) is 0 Å². The highest BCUT2D eigenvalue weighted by Crippen LogP contribution is 2.18. The van der Waals surface area contributed by atoms with Gasteiger partial charge in [0.05, 0.1) is 12.1 Å². The fourth-order valence-corrected chi connectivity index (χ4v) is 2.61. The second-order valence-electron chi connectivity index (χ2n) is 5.37. The van der Waals surface area contributed by atoms with E-state index in [-0.39, 0.29) is 18.1 Å². The lowest BCUT2D eigenvalue weighted by Gasteiger charge is -2.20. The van der Waals surface area contributed by atoms with Gasteiger partial charge < -0.3 is 15.4 Å². The molecule has 4 heteroatoms. The Balaban J connectivity index is 2.01. The third kappa shape index (κ3) is 3.51. The second kappa shape index (κ2) is 6.75. The molecule has 0 saturated carbocycles. The van der Waals surface area contributed by atoms with Gasteiger partial charge in [-0.1, -0.05) is 0 Å². The van der Waals surface area contributed by atoms with Crippen molar-refractivity contribution in [2.45, 2.75) is 45.8 Å². The molecule has 1 aliphatic rings. The van der Waals surface area contributed by atoms with Crippen LogP contribution >= 0.6 is 0 Å². The molecule has 0 aliphatic carbocycles. The Morgan fingerprint density at radius 2 is 2.30 bits per heavy atom. The Hall–Kier alpha value is -1.55. The predicted molar refractivity (Wildman–Crippen MR) is 81.2 cm³/mol. The molecule has 0 radical (unpaired) electrons. The third-order valence-electron chi connectivity index (χ3n) is 3.73. The molecule has 1 heterocycles. The summed E-state index contributed by atoms with van der Waals surface area (Å²) in [5, 5.41) is 6.29. The fraction of sp³-hybridized carbons (Fsp3) is 0.562. The summed E-state index contributed by atoms with van der Waals surface area (Å²) in [6.07, 6.45) is 2.27. The largest absolute Gasteiger partial charge is 0.385 e. The molecular weight excluding hydrogens is 252 g/mol. The van der Waals surface area contributed by atoms with E-state index in [1.807, 2.05) is 32.0 Å². The van der Waals surface area contributed by atoms with Crippen LogP contribution in [0.15, 0.2) is 18.2 Å². The number of aryl methyl sites for hydroxylation is 1. The van der Waals surface area contributed by atoms with Crippen LogP contribution in [-0.4, -0.2) is 31.2 Å². The monoisotopic (exact) mass is 276 g/mol. The molecule has 2 atom stereocenters. The van der Waals surface area contributed by atoms with E-state index in [0.717, 1.165) is 42.8 Å². The van der Waals surface area contributed by atoms with Crippen LogP contribution < -0.4 is 10.6 Å². The molecule has 20 heavy (non-hydrogen) atoms. The number of hydrogen-bond acceptors (Lipinski definition) is 3. The highest BCUT2D eigenvalue weighted by molar-refractivity contribution is 5.96. The van der Waals surface area contributed by atoms with Gasteiger partial charge in [-0.3, -0.25) is 4.79 Å². The van der Waals surface area contributed by atoms with Crippen molar-refractivity contribution < 1.29 is 9.53 Å². The van der Waals surface area contributed by atoms with Gasteiger partial charge in [-0.15, -0.1) is 0 Å². The molecule has 110 valence electrons. The van der Waals surface area contributed by atoms with Crippen molar-refractivity contribution in [3.63, 3.8) is 0 Å². The molecule has 2 unspecified atom stereocenters. The number of nitrogens with one attached hydrogen (secondary N) is 2. The first kappa shape index (κ1) is 14.9. The van der Waals surface area contributed by atoms with Gasteiger partial charge in [0.1, 0.15) is 0 Å². The first-order valence-electron chi connectivity index (χ1n) is 7.38. The number of anilines is 1. The van der Waals surface area contributed by atoms with Gasteiger partial charge >= 0.3 is 0 Å². The molecule has 1 fully saturated rings. The molecule has 2 N–H and O–H groups in total. The van der Waals surface area contributed by atoms with Gasteiger partial charge in [0, 0.05) is 24.4 Å². The zero-order valence-electron chi connectivity index (χ0n) is 12.5. The molecular formula is C16H24N2O2. The highest BCUT2D eigenvalue weighted by atomic mass is 16.5. The molecule has 4 nitrogen and oxygen atoms in total. The maximum atomic E-state index is 12.3. The van der Waals surface area contributed by atoms with Crippen molar-refractivity contribution in [1.29, 1.82) is 0 Å². The maximum Gasteiger partial charge on any atom is 0.251 e. The van der Waals surface area contributed by atoms with E-state index in [4.69, 9.17) is 4.74 Å². The lowest BCUT2D eigenvalue weighted by Crippen LogP contribution is -2.41. The number of carbonyl (C=O) groups is 1. The van der Waals surface area contributed by atoms with Crippen LogP contribution in [0.25, 0.3) is 0 Å². The average molecular weight is 276 g/mol. The number of carbonyl (C=O) groups excluding carboxylic acids is 1. The van der Waals surface area contributed by atoms with Gasteiger partial charge in [0.2, 0.25) is 0 Å². The number of benzene rings is 1. The quantitative estimate of drug-likeness (QED) is 0.869. The summed E-state index contributed by atoms with van der Waals surface area (Å²) >= 11 is 0. The lowest BCUT2D eigenvalue weighted by atomic mass is 10.1. The highest BCUT2D eigenvalue weighted by Gasteiger charge is 2.24. The zero-order chi connectivity index (χ0) is 14.5. The molecule has 2 rings (SSSR count). The van der Waals surface area contributed by atoms with E-state index in [0.29, 0.717) is 0 Å². The van der Waals surface area contributed by atoms with Crippen molar-refractivity contribution in [2.75, 3.05) is 18.5 Å². The average Bonchev–Trinajstić information content (AvgIpc) is 2.93. The van der Waals surface area contributed by atoms with E-state index in [9.17, 15) is 4.79 Å². The minimum Gasteiger partial charge on any atom is -0.385 e. The molecule has 0 aromatic heterocycles. The molecule has 0 bridgehead atoms. The molecule has 1 saturated heterocycles. The third-order valence-corrected chi connectivity index (χ3v) is 3.73. The first-order valence-corrected chi connectivity index (χ1v) is 7.38. The van der Waals surface area contributed by atoms with E-state index >= 15 is 0 Å². The van der Waals surface area contributed by atoms with Crippen molar-refractivity contribution in [3.8, 4) is 0 Å². The Morgan fingerprint density at radius 1 is 1.50 bits per heavy atom. The Labute approximate surface area is 120 Å². The Kier molecular flexibility index (Phi) is 5.01. The van der Waals surface area contributed by atoms with Gasteiger partial charge in [-0.2, -0.15) is 0 Å². The summed E-state index contributed by atoms with van der Waals surface area (Å²) in [4.78, 5) is 12.3. The molecule has 1 aromatic carbocycles. The van der Waals surface area contributed by atoms with E-state index in [2.05, 4.69) is 17.6 Å². The Morgan fingerprint density at radius 3 is 2.90 bits per heavy atom. The normalized spacial score (nSPS) is 19.6. The minimum atomic E-state index is -0.0199. The zero-order valence-corrected chi connectivity index (χ0v) is 12.5. The smallest absolute Gasteiger partial charge is 0.251 e. The van der Waals surface area contributed by atoms with E-state index in [1.54, 1.807) is 0 Å². The van der Waals surface area contributed by atoms with Crippen molar-refractivity contribution >= 4 is 11.6 Å². The number of ether oxygens (including phenoxy) is 1. The standard InChI is InChI=1S/C16H24N2O2/c1-4-17-13-7-8-14(11(2)10-13)16(19)18-12(3)15-6-5-9-20-15/h7-8,10,12,15,17H,4-6,9H2,1-3H3,(H,18,19). The summed E-state index contributed by atoms with van der Waals surface area (Å²) in [5.41, 5.74) is 2.77. The maximum absolute atomic E-state index is 12.3. The van der Waals surface area contributed by atoms with Crippen molar-refractivity contribution in [1.82, 2.24) is 5.32 Å². The summed E-state index contributed by atoms with van der Waals surface area (Å²) in [6.45, 7) is 7.71. The van der Waals surface area contributed by atoms with Crippen LogP contribution in [0.2, 0.25) is 0 Å². The summed E-state index contributed by atoms with van der Waals surface area (Å²) in [5.74, 6) is -0.0199. The fourth-order valence-electron chi connectivity index (χ4n) is 2.61. The SMILES string of the molecule is CCNc1ccc(C(=O)NC(C)C2CCCO2)c(C)c1. The van der Waals surface area contributed by atoms with Crippen molar-refractivity contribution in [3.05, 3.63) is 29.3 Å². The van der Waals surface area contributed by atoms with Gasteiger partial charge in [0.25, 0.3) is 5.91 Å².